The number of thioether (sulfide) groups is 1. The maximum absolute atomic E-state index is 14.7. The van der Waals surface area contributed by atoms with Crippen LogP contribution in [-0.4, -0.2) is 30.8 Å². The van der Waals surface area contributed by atoms with Crippen LogP contribution >= 0.6 is 11.8 Å². The second-order valence-corrected chi connectivity index (χ2v) is 8.13. The van der Waals surface area contributed by atoms with Crippen LogP contribution < -0.4 is 0 Å². The van der Waals surface area contributed by atoms with Crippen LogP contribution in [-0.2, 0) is 0 Å². The van der Waals surface area contributed by atoms with Crippen molar-refractivity contribution in [2.75, 3.05) is 0 Å². The lowest BCUT2D eigenvalue weighted by molar-refractivity contribution is 0.0994. The SMILES string of the molecule is Cc1ccc(C(=O)[C@@H](C)Sc2nnc(-c3cccnc3)n2-c2ccccc2F)cc1. The summed E-state index contributed by atoms with van der Waals surface area (Å²) in [6.45, 7) is 3.79. The van der Waals surface area contributed by atoms with E-state index in [0.29, 0.717) is 27.8 Å². The van der Waals surface area contributed by atoms with Crippen molar-refractivity contribution in [3.05, 3.63) is 90.0 Å². The zero-order valence-electron chi connectivity index (χ0n) is 16.5. The van der Waals surface area contributed by atoms with E-state index < -0.39 is 11.1 Å². The van der Waals surface area contributed by atoms with Crippen molar-refractivity contribution in [3.63, 3.8) is 0 Å². The summed E-state index contributed by atoms with van der Waals surface area (Å²) in [7, 11) is 0. The lowest BCUT2D eigenvalue weighted by Gasteiger charge is -2.14. The fourth-order valence-electron chi connectivity index (χ4n) is 3.04. The van der Waals surface area contributed by atoms with Crippen LogP contribution in [0.1, 0.15) is 22.8 Å². The topological polar surface area (TPSA) is 60.7 Å². The van der Waals surface area contributed by atoms with Gasteiger partial charge in [-0.2, -0.15) is 0 Å². The molecule has 0 aliphatic rings. The second kappa shape index (κ2) is 8.59. The standard InChI is InChI=1S/C23H19FN4OS/c1-15-9-11-17(12-10-15)21(29)16(2)30-23-27-26-22(18-6-5-13-25-14-18)28(23)20-8-4-3-7-19(20)24/h3-14,16H,1-2H3/t16-/m1/s1. The fourth-order valence-corrected chi connectivity index (χ4v) is 3.98. The number of Topliss-reactive ketones (excluding diaryl/α,β-unsaturated/α-hetero) is 1. The molecule has 0 saturated heterocycles. The molecule has 0 saturated carbocycles. The summed E-state index contributed by atoms with van der Waals surface area (Å²) in [6.07, 6.45) is 3.31. The van der Waals surface area contributed by atoms with Crippen LogP contribution in [0.2, 0.25) is 0 Å². The molecule has 0 N–H and O–H groups in total. The van der Waals surface area contributed by atoms with Gasteiger partial charge in [0.15, 0.2) is 16.8 Å². The van der Waals surface area contributed by atoms with Crippen molar-refractivity contribution < 1.29 is 9.18 Å². The molecule has 0 amide bonds. The van der Waals surface area contributed by atoms with Gasteiger partial charge in [-0.05, 0) is 38.1 Å². The molecule has 4 aromatic rings. The number of halogens is 1. The number of aryl methyl sites for hydroxylation is 1. The quantitative estimate of drug-likeness (QED) is 0.320. The van der Waals surface area contributed by atoms with Crippen molar-refractivity contribution in [1.29, 1.82) is 0 Å². The van der Waals surface area contributed by atoms with Gasteiger partial charge in [0.05, 0.1) is 10.9 Å². The first-order valence-corrected chi connectivity index (χ1v) is 10.3. The van der Waals surface area contributed by atoms with Gasteiger partial charge in [-0.3, -0.25) is 14.3 Å². The van der Waals surface area contributed by atoms with Gasteiger partial charge in [-0.25, -0.2) is 4.39 Å². The fraction of sp³-hybridized carbons (Fsp3) is 0.130. The molecule has 0 aliphatic heterocycles. The van der Waals surface area contributed by atoms with Gasteiger partial charge in [0.1, 0.15) is 5.82 Å². The van der Waals surface area contributed by atoms with E-state index in [1.54, 1.807) is 41.2 Å². The normalized spacial score (nSPS) is 12.0. The summed E-state index contributed by atoms with van der Waals surface area (Å²) in [4.78, 5) is 17.0. The van der Waals surface area contributed by atoms with E-state index in [4.69, 9.17) is 0 Å². The Kier molecular flexibility index (Phi) is 5.72. The van der Waals surface area contributed by atoms with Crippen LogP contribution in [0.25, 0.3) is 17.1 Å². The third-order valence-electron chi connectivity index (χ3n) is 4.63. The van der Waals surface area contributed by atoms with E-state index in [-0.39, 0.29) is 5.78 Å². The molecule has 5 nitrogen and oxygen atoms in total. The third-order valence-corrected chi connectivity index (χ3v) is 5.68. The molecule has 0 unspecified atom stereocenters. The Labute approximate surface area is 178 Å². The van der Waals surface area contributed by atoms with E-state index in [2.05, 4.69) is 15.2 Å². The molecule has 2 heterocycles. The highest BCUT2D eigenvalue weighted by atomic mass is 32.2. The number of carbonyl (C=O) groups is 1. The number of benzene rings is 2. The van der Waals surface area contributed by atoms with Crippen molar-refractivity contribution in [2.45, 2.75) is 24.3 Å². The highest BCUT2D eigenvalue weighted by Crippen LogP contribution is 2.31. The lowest BCUT2D eigenvalue weighted by Crippen LogP contribution is -2.15. The molecule has 2 aromatic heterocycles. The molecule has 0 fully saturated rings. The molecular formula is C23H19FN4OS. The molecule has 30 heavy (non-hydrogen) atoms. The number of hydrogen-bond acceptors (Lipinski definition) is 5. The predicted octanol–water partition coefficient (Wildman–Crippen LogP) is 5.14. The maximum atomic E-state index is 14.7. The minimum Gasteiger partial charge on any atom is -0.293 e. The van der Waals surface area contributed by atoms with Gasteiger partial charge in [0.25, 0.3) is 0 Å². The Hall–Kier alpha value is -3.32. The van der Waals surface area contributed by atoms with Crippen LogP contribution in [0.15, 0.2) is 78.2 Å². The molecule has 1 atom stereocenters. The molecule has 0 radical (unpaired) electrons. The first-order valence-electron chi connectivity index (χ1n) is 9.43. The Morgan fingerprint density at radius 3 is 2.50 bits per heavy atom. The molecule has 7 heteroatoms. The maximum Gasteiger partial charge on any atom is 0.196 e. The Morgan fingerprint density at radius 1 is 1.03 bits per heavy atom. The highest BCUT2D eigenvalue weighted by Gasteiger charge is 2.23. The number of aromatic nitrogens is 4. The average Bonchev–Trinajstić information content (AvgIpc) is 3.18. The summed E-state index contributed by atoms with van der Waals surface area (Å²) in [6, 6.07) is 17.5. The van der Waals surface area contributed by atoms with E-state index in [1.165, 1.54) is 17.8 Å². The van der Waals surface area contributed by atoms with Crippen molar-refractivity contribution in [1.82, 2.24) is 19.7 Å². The predicted molar refractivity (Wildman–Crippen MR) is 115 cm³/mol. The van der Waals surface area contributed by atoms with Gasteiger partial charge < -0.3 is 0 Å². The van der Waals surface area contributed by atoms with Crippen molar-refractivity contribution in [3.8, 4) is 17.1 Å². The molecule has 0 aliphatic carbocycles. The third kappa shape index (κ3) is 4.02. The Morgan fingerprint density at radius 2 is 1.80 bits per heavy atom. The zero-order valence-corrected chi connectivity index (χ0v) is 17.3. The molecule has 4 rings (SSSR count). The van der Waals surface area contributed by atoms with Gasteiger partial charge in [-0.1, -0.05) is 53.7 Å². The van der Waals surface area contributed by atoms with Crippen molar-refractivity contribution >= 4 is 17.5 Å². The summed E-state index contributed by atoms with van der Waals surface area (Å²) >= 11 is 1.25. The van der Waals surface area contributed by atoms with Crippen LogP contribution in [0.4, 0.5) is 4.39 Å². The Balaban J connectivity index is 1.73. The first-order chi connectivity index (χ1) is 14.5. The minimum absolute atomic E-state index is 0.0222. The molecule has 0 bridgehead atoms. The van der Waals surface area contributed by atoms with Crippen molar-refractivity contribution in [2.24, 2.45) is 0 Å². The number of nitrogens with zero attached hydrogens (tertiary/aromatic N) is 4. The van der Waals surface area contributed by atoms with Gasteiger partial charge in [0, 0.05) is 23.5 Å². The summed E-state index contributed by atoms with van der Waals surface area (Å²) in [5.41, 5.74) is 2.74. The highest BCUT2D eigenvalue weighted by molar-refractivity contribution is 8.00. The van der Waals surface area contributed by atoms with Crippen LogP contribution in [0.3, 0.4) is 0 Å². The summed E-state index contributed by atoms with van der Waals surface area (Å²) in [5, 5.41) is 8.55. The van der Waals surface area contributed by atoms with E-state index in [9.17, 15) is 9.18 Å². The van der Waals surface area contributed by atoms with E-state index in [0.717, 1.165) is 5.56 Å². The second-order valence-electron chi connectivity index (χ2n) is 6.83. The monoisotopic (exact) mass is 418 g/mol. The number of rotatable bonds is 6. The molecular weight excluding hydrogens is 399 g/mol. The van der Waals surface area contributed by atoms with Crippen LogP contribution in [0, 0.1) is 12.7 Å². The average molecular weight is 418 g/mol. The number of pyridine rings is 1. The van der Waals surface area contributed by atoms with Gasteiger partial charge in [-0.15, -0.1) is 10.2 Å². The molecule has 150 valence electrons. The van der Waals surface area contributed by atoms with E-state index in [1.807, 2.05) is 44.2 Å². The van der Waals surface area contributed by atoms with Crippen LogP contribution in [0.5, 0.6) is 0 Å². The zero-order chi connectivity index (χ0) is 21.1. The summed E-state index contributed by atoms with van der Waals surface area (Å²) in [5.74, 6) is 0.0403. The number of hydrogen-bond donors (Lipinski definition) is 0. The Bertz CT molecular complexity index is 1180. The number of ketones is 1. The lowest BCUT2D eigenvalue weighted by atomic mass is 10.1. The number of carbonyl (C=O) groups excluding carboxylic acids is 1. The van der Waals surface area contributed by atoms with Gasteiger partial charge >= 0.3 is 0 Å². The first kappa shape index (κ1) is 20.0. The molecule has 2 aromatic carbocycles. The largest absolute Gasteiger partial charge is 0.293 e. The minimum atomic E-state index is -0.427. The smallest absolute Gasteiger partial charge is 0.196 e. The van der Waals surface area contributed by atoms with E-state index >= 15 is 0 Å². The number of para-hydroxylation sites is 1. The molecule has 0 spiro atoms. The van der Waals surface area contributed by atoms with Gasteiger partial charge in [0.2, 0.25) is 0 Å². The summed E-state index contributed by atoms with van der Waals surface area (Å²) < 4.78 is 16.3.